The molecular weight excluding hydrogens is 346 g/mol. The van der Waals surface area contributed by atoms with Crippen molar-refractivity contribution in [3.8, 4) is 0 Å². The third-order valence-electron chi connectivity index (χ3n) is 4.78. The first-order valence-corrected chi connectivity index (χ1v) is 9.56. The smallest absolute Gasteiger partial charge is 0.359 e. The second-order valence-corrected chi connectivity index (χ2v) is 6.79. The van der Waals surface area contributed by atoms with Gasteiger partial charge >= 0.3 is 5.97 Å². The van der Waals surface area contributed by atoms with E-state index in [1.54, 1.807) is 29.2 Å². The molecule has 2 aromatic rings. The van der Waals surface area contributed by atoms with E-state index in [0.29, 0.717) is 36.8 Å². The van der Waals surface area contributed by atoms with E-state index in [9.17, 15) is 14.4 Å². The highest BCUT2D eigenvalue weighted by molar-refractivity contribution is 6.02. The number of esters is 1. The Morgan fingerprint density at radius 1 is 1.07 bits per heavy atom. The summed E-state index contributed by atoms with van der Waals surface area (Å²) < 4.78 is 6.54. The van der Waals surface area contributed by atoms with Crippen molar-refractivity contribution < 1.29 is 14.3 Å². The van der Waals surface area contributed by atoms with Crippen LogP contribution in [0.3, 0.4) is 0 Å². The minimum atomic E-state index is -0.681. The molecule has 7 heteroatoms. The molecule has 0 aliphatic carbocycles. The molecule has 1 saturated heterocycles. The van der Waals surface area contributed by atoms with Crippen molar-refractivity contribution in [1.82, 2.24) is 14.7 Å². The molecule has 2 heterocycles. The van der Waals surface area contributed by atoms with Crippen LogP contribution in [0.15, 0.2) is 29.1 Å². The predicted octanol–water partition coefficient (Wildman–Crippen LogP) is 2.37. The Bertz CT molecular complexity index is 882. The fourth-order valence-corrected chi connectivity index (χ4v) is 3.36. The number of amides is 1. The van der Waals surface area contributed by atoms with E-state index in [1.807, 2.05) is 6.92 Å². The molecule has 1 aliphatic rings. The predicted molar refractivity (Wildman–Crippen MR) is 102 cm³/mol. The van der Waals surface area contributed by atoms with Crippen LogP contribution in [-0.4, -0.2) is 46.3 Å². The molecule has 1 aliphatic heterocycles. The van der Waals surface area contributed by atoms with Gasteiger partial charge in [-0.05, 0) is 25.3 Å². The van der Waals surface area contributed by atoms with Crippen molar-refractivity contribution in [2.45, 2.75) is 45.6 Å². The van der Waals surface area contributed by atoms with Crippen molar-refractivity contribution in [3.63, 3.8) is 0 Å². The van der Waals surface area contributed by atoms with Crippen molar-refractivity contribution in [2.75, 3.05) is 19.7 Å². The summed E-state index contributed by atoms with van der Waals surface area (Å²) >= 11 is 0. The normalized spacial score (nSPS) is 14.8. The zero-order valence-corrected chi connectivity index (χ0v) is 15.6. The van der Waals surface area contributed by atoms with Gasteiger partial charge in [-0.15, -0.1) is 0 Å². The molecule has 27 heavy (non-hydrogen) atoms. The standard InChI is InChI=1S/C20H25N3O4/c1-2-11-23-19(25)16-10-6-5-9-15(16)18(21-23)20(26)27-14-17(24)22-12-7-3-4-8-13-22/h5-6,9-10H,2-4,7-8,11-14H2,1H3. The van der Waals surface area contributed by atoms with Crippen molar-refractivity contribution in [1.29, 1.82) is 0 Å². The van der Waals surface area contributed by atoms with Crippen LogP contribution in [0.2, 0.25) is 0 Å². The van der Waals surface area contributed by atoms with Gasteiger partial charge in [-0.25, -0.2) is 9.48 Å². The molecule has 144 valence electrons. The van der Waals surface area contributed by atoms with Gasteiger partial charge < -0.3 is 9.64 Å². The number of nitrogens with zero attached hydrogens (tertiary/aromatic N) is 3. The average molecular weight is 371 g/mol. The molecule has 1 amide bonds. The fraction of sp³-hybridized carbons (Fsp3) is 0.500. The number of carbonyl (C=O) groups excluding carboxylic acids is 2. The number of aromatic nitrogens is 2. The Kier molecular flexibility index (Phi) is 6.21. The number of carbonyl (C=O) groups is 2. The van der Waals surface area contributed by atoms with Crippen LogP contribution >= 0.6 is 0 Å². The molecule has 0 saturated carbocycles. The number of hydrogen-bond donors (Lipinski definition) is 0. The van der Waals surface area contributed by atoms with Crippen LogP contribution < -0.4 is 5.56 Å². The summed E-state index contributed by atoms with van der Waals surface area (Å²) in [6.07, 6.45) is 4.92. The van der Waals surface area contributed by atoms with E-state index in [2.05, 4.69) is 5.10 Å². The van der Waals surface area contributed by atoms with Gasteiger partial charge in [0.1, 0.15) is 0 Å². The molecule has 7 nitrogen and oxygen atoms in total. The van der Waals surface area contributed by atoms with Gasteiger partial charge in [0, 0.05) is 25.0 Å². The summed E-state index contributed by atoms with van der Waals surface area (Å²) in [5.41, 5.74) is -0.160. The van der Waals surface area contributed by atoms with Crippen LogP contribution in [0.5, 0.6) is 0 Å². The molecule has 0 atom stereocenters. The molecule has 1 aromatic heterocycles. The second-order valence-electron chi connectivity index (χ2n) is 6.79. The molecule has 0 unspecified atom stereocenters. The quantitative estimate of drug-likeness (QED) is 0.754. The maximum absolute atomic E-state index is 12.6. The first-order chi connectivity index (χ1) is 13.1. The average Bonchev–Trinajstić information content (AvgIpc) is 2.98. The number of hydrogen-bond acceptors (Lipinski definition) is 5. The summed E-state index contributed by atoms with van der Waals surface area (Å²) in [5.74, 6) is -0.865. The third kappa shape index (κ3) is 4.35. The third-order valence-corrected chi connectivity index (χ3v) is 4.78. The van der Waals surface area contributed by atoms with Gasteiger partial charge in [-0.3, -0.25) is 9.59 Å². The van der Waals surface area contributed by atoms with E-state index in [1.165, 1.54) is 4.68 Å². The molecule has 0 radical (unpaired) electrons. The summed E-state index contributed by atoms with van der Waals surface area (Å²) in [4.78, 5) is 39.2. The number of benzene rings is 1. The van der Waals surface area contributed by atoms with Gasteiger partial charge in [0.05, 0.1) is 5.39 Å². The summed E-state index contributed by atoms with van der Waals surface area (Å²) in [6.45, 7) is 3.46. The molecular formula is C20H25N3O4. The van der Waals surface area contributed by atoms with Gasteiger partial charge in [-0.1, -0.05) is 38.0 Å². The zero-order valence-electron chi connectivity index (χ0n) is 15.6. The van der Waals surface area contributed by atoms with Gasteiger partial charge in [0.25, 0.3) is 11.5 Å². The Hall–Kier alpha value is -2.70. The molecule has 0 N–H and O–H groups in total. The molecule has 0 bridgehead atoms. The number of fused-ring (bicyclic) bond motifs is 1. The van der Waals surface area contributed by atoms with Crippen LogP contribution in [0.25, 0.3) is 10.8 Å². The lowest BCUT2D eigenvalue weighted by Gasteiger charge is -2.20. The lowest BCUT2D eigenvalue weighted by molar-refractivity contribution is -0.134. The van der Waals surface area contributed by atoms with Crippen LogP contribution in [0.1, 0.15) is 49.5 Å². The summed E-state index contributed by atoms with van der Waals surface area (Å²) in [6, 6.07) is 6.84. The van der Waals surface area contributed by atoms with Gasteiger partial charge in [0.2, 0.25) is 0 Å². The highest BCUT2D eigenvalue weighted by Crippen LogP contribution is 2.15. The monoisotopic (exact) mass is 371 g/mol. The summed E-state index contributed by atoms with van der Waals surface area (Å²) in [5, 5.41) is 5.07. The van der Waals surface area contributed by atoms with E-state index in [-0.39, 0.29) is 23.8 Å². The fourth-order valence-electron chi connectivity index (χ4n) is 3.36. The summed E-state index contributed by atoms with van der Waals surface area (Å²) in [7, 11) is 0. The maximum atomic E-state index is 12.6. The van der Waals surface area contributed by atoms with Crippen molar-refractivity contribution in [3.05, 3.63) is 40.3 Å². The van der Waals surface area contributed by atoms with Crippen molar-refractivity contribution >= 4 is 22.6 Å². The largest absolute Gasteiger partial charge is 0.451 e. The zero-order chi connectivity index (χ0) is 19.2. The molecule has 1 aromatic carbocycles. The maximum Gasteiger partial charge on any atom is 0.359 e. The number of likely N-dealkylation sites (tertiary alicyclic amines) is 1. The lowest BCUT2D eigenvalue weighted by atomic mass is 10.1. The van der Waals surface area contributed by atoms with Gasteiger partial charge in [0.15, 0.2) is 12.3 Å². The Balaban J connectivity index is 1.79. The number of rotatable bonds is 5. The SMILES string of the molecule is CCCn1nc(C(=O)OCC(=O)N2CCCCCC2)c2ccccc2c1=O. The topological polar surface area (TPSA) is 81.5 Å². The van der Waals surface area contributed by atoms with E-state index < -0.39 is 5.97 Å². The Labute approximate surface area is 157 Å². The van der Waals surface area contributed by atoms with Crippen molar-refractivity contribution in [2.24, 2.45) is 0 Å². The van der Waals surface area contributed by atoms with Crippen LogP contribution in [0.4, 0.5) is 0 Å². The first-order valence-electron chi connectivity index (χ1n) is 9.56. The highest BCUT2D eigenvalue weighted by Gasteiger charge is 2.21. The minimum Gasteiger partial charge on any atom is -0.451 e. The van der Waals surface area contributed by atoms with E-state index in [0.717, 1.165) is 25.7 Å². The second kappa shape index (κ2) is 8.79. The minimum absolute atomic E-state index is 0.0716. The number of aryl methyl sites for hydroxylation is 1. The first kappa shape index (κ1) is 19.1. The lowest BCUT2D eigenvalue weighted by Crippen LogP contribution is -2.35. The molecule has 0 spiro atoms. The molecule has 1 fully saturated rings. The van der Waals surface area contributed by atoms with E-state index >= 15 is 0 Å². The highest BCUT2D eigenvalue weighted by atomic mass is 16.5. The molecule has 3 rings (SSSR count). The number of ether oxygens (including phenoxy) is 1. The van der Waals surface area contributed by atoms with E-state index in [4.69, 9.17) is 4.74 Å². The van der Waals surface area contributed by atoms with Gasteiger partial charge in [-0.2, -0.15) is 5.10 Å². The van der Waals surface area contributed by atoms with Crippen LogP contribution in [0, 0.1) is 0 Å². The van der Waals surface area contributed by atoms with Crippen LogP contribution in [-0.2, 0) is 16.1 Å². The Morgan fingerprint density at radius 3 is 2.41 bits per heavy atom. The Morgan fingerprint density at radius 2 is 1.74 bits per heavy atom.